The molecule has 0 heterocycles. The maximum Gasteiger partial charge on any atom is 0.167 e. The van der Waals surface area contributed by atoms with Gasteiger partial charge in [0.25, 0.3) is 0 Å². The van der Waals surface area contributed by atoms with E-state index in [0.717, 1.165) is 11.6 Å². The van der Waals surface area contributed by atoms with Crippen molar-refractivity contribution in [2.45, 2.75) is 0 Å². The summed E-state index contributed by atoms with van der Waals surface area (Å²) in [5, 5.41) is 1.57. The molecule has 0 rings (SSSR count). The molecule has 0 unspecified atom stereocenters. The largest absolute Gasteiger partial charge is 0.201 e. The van der Waals surface area contributed by atoms with Crippen LogP contribution < -0.4 is 0 Å². The van der Waals surface area contributed by atoms with Crippen LogP contribution in [0.3, 0.4) is 0 Å². The molecule has 4 heavy (non-hydrogen) atoms. The van der Waals surface area contributed by atoms with Gasteiger partial charge < -0.3 is 0 Å². The Morgan fingerprint density at radius 3 is 2.25 bits per heavy atom. The molecular formula is C2H3BS. The predicted octanol–water partition coefficient (Wildman–Crippen LogP) is 0.947. The minimum Gasteiger partial charge on any atom is -0.201 e. The summed E-state index contributed by atoms with van der Waals surface area (Å²) in [5.41, 5.74) is 0. The molecule has 0 bridgehead atoms. The lowest BCUT2D eigenvalue weighted by atomic mass is 10.8. The van der Waals surface area contributed by atoms with E-state index >= 15 is 0 Å². The van der Waals surface area contributed by atoms with Gasteiger partial charge in [-0.2, -0.15) is 0 Å². The summed E-state index contributed by atoms with van der Waals surface area (Å²) in [5.74, 6) is 0. The molecule has 0 aliphatic heterocycles. The van der Waals surface area contributed by atoms with Crippen molar-refractivity contribution in [3.05, 3.63) is 12.0 Å². The summed E-state index contributed by atoms with van der Waals surface area (Å²) in [6.45, 7) is 3.32. The topological polar surface area (TPSA) is 0 Å². The molecule has 0 spiro atoms. The van der Waals surface area contributed by atoms with Crippen LogP contribution in [0.4, 0.5) is 0 Å². The third-order valence-electron chi connectivity index (χ3n) is 0.0962. The molecule has 0 aromatic rings. The van der Waals surface area contributed by atoms with Crippen LogP contribution in [0.2, 0.25) is 0 Å². The fourth-order valence-corrected chi connectivity index (χ4v) is 0. The zero-order valence-electron chi connectivity index (χ0n) is 2.27. The average molecular weight is 69.9 g/mol. The monoisotopic (exact) mass is 70.0 g/mol. The molecule has 0 saturated carbocycles. The minimum atomic E-state index is 1.12. The summed E-state index contributed by atoms with van der Waals surface area (Å²) < 4.78 is 0. The van der Waals surface area contributed by atoms with Gasteiger partial charge in [0.1, 0.15) is 0 Å². The van der Waals surface area contributed by atoms with Crippen molar-refractivity contribution in [2.24, 2.45) is 0 Å². The highest BCUT2D eigenvalue weighted by Crippen LogP contribution is 1.83. The highest BCUT2D eigenvalue weighted by molar-refractivity contribution is 8.22. The van der Waals surface area contributed by atoms with E-state index in [2.05, 4.69) is 6.58 Å². The van der Waals surface area contributed by atoms with E-state index < -0.39 is 0 Å². The first-order valence-corrected chi connectivity index (χ1v) is 1.82. The van der Waals surface area contributed by atoms with Gasteiger partial charge in [0, 0.05) is 0 Å². The first kappa shape index (κ1) is 4.15. The smallest absolute Gasteiger partial charge is 0.167 e. The van der Waals surface area contributed by atoms with E-state index in [9.17, 15) is 0 Å². The molecule has 0 fully saturated rings. The van der Waals surface area contributed by atoms with Crippen LogP contribution in [0.1, 0.15) is 0 Å². The number of hydrogen-bond acceptors (Lipinski definition) is 1. The summed E-state index contributed by atoms with van der Waals surface area (Å²) in [6.07, 6.45) is 0. The van der Waals surface area contributed by atoms with Gasteiger partial charge in [0.15, 0.2) is 7.12 Å². The van der Waals surface area contributed by atoms with Crippen molar-refractivity contribution >= 4 is 18.7 Å². The lowest BCUT2D eigenvalue weighted by molar-refractivity contribution is 2.69. The molecule has 2 heteroatoms. The predicted molar refractivity (Wildman–Crippen MR) is 23.5 cm³/mol. The quantitative estimate of drug-likeness (QED) is 0.414. The average Bonchev–Trinajstić information content (AvgIpc) is 1.37. The number of hydrogen-bond donors (Lipinski definition) is 0. The summed E-state index contributed by atoms with van der Waals surface area (Å²) in [7, 11) is 4.83. The molecule has 0 amide bonds. The van der Waals surface area contributed by atoms with Gasteiger partial charge in [-0.1, -0.05) is 6.58 Å². The van der Waals surface area contributed by atoms with Crippen LogP contribution in [0, 0.1) is 0 Å². The first-order valence-electron chi connectivity index (χ1n) is 0.880. The Balaban J connectivity index is 2.30. The van der Waals surface area contributed by atoms with Crippen LogP contribution in [0.15, 0.2) is 12.0 Å². The van der Waals surface area contributed by atoms with Crippen LogP contribution >= 0.6 is 11.6 Å². The Labute approximate surface area is 31.6 Å². The van der Waals surface area contributed by atoms with Gasteiger partial charge in [0.2, 0.25) is 0 Å². The standard InChI is InChI=1S/C2H3BS/c1-2-4-3/h2H,1H2. The van der Waals surface area contributed by atoms with Gasteiger partial charge in [-0.25, -0.2) is 11.6 Å². The van der Waals surface area contributed by atoms with Crippen LogP contribution in [-0.4, -0.2) is 7.12 Å². The second-order valence-corrected chi connectivity index (χ2v) is 0.908. The molecule has 0 aliphatic rings. The third kappa shape index (κ3) is 2.15. The Hall–Kier alpha value is 0.155. The lowest BCUT2D eigenvalue weighted by Crippen LogP contribution is -1.31. The van der Waals surface area contributed by atoms with Crippen LogP contribution in [0.5, 0.6) is 0 Å². The Morgan fingerprint density at radius 1 is 2.00 bits per heavy atom. The van der Waals surface area contributed by atoms with Crippen molar-refractivity contribution in [3.63, 3.8) is 0 Å². The molecule has 0 aliphatic carbocycles. The van der Waals surface area contributed by atoms with Crippen molar-refractivity contribution in [1.82, 2.24) is 0 Å². The maximum atomic E-state index is 4.83. The molecule has 0 atom stereocenters. The van der Waals surface area contributed by atoms with Gasteiger partial charge in [-0.05, 0) is 5.41 Å². The second kappa shape index (κ2) is 3.15. The van der Waals surface area contributed by atoms with Crippen molar-refractivity contribution in [2.75, 3.05) is 0 Å². The van der Waals surface area contributed by atoms with Crippen LogP contribution in [-0.2, 0) is 0 Å². The molecule has 0 aromatic heterocycles. The summed E-state index contributed by atoms with van der Waals surface area (Å²) in [6, 6.07) is 0. The van der Waals surface area contributed by atoms with Crippen molar-refractivity contribution < 1.29 is 0 Å². The molecule has 20 valence electrons. The molecular weight excluding hydrogens is 66.9 g/mol. The van der Waals surface area contributed by atoms with Gasteiger partial charge in [0.05, 0.1) is 0 Å². The van der Waals surface area contributed by atoms with E-state index in [4.69, 9.17) is 7.12 Å². The van der Waals surface area contributed by atoms with Gasteiger partial charge >= 0.3 is 0 Å². The molecule has 0 N–H and O–H groups in total. The normalized spacial score (nSPS) is 6.00. The van der Waals surface area contributed by atoms with Crippen molar-refractivity contribution in [1.29, 1.82) is 0 Å². The Morgan fingerprint density at radius 2 is 2.25 bits per heavy atom. The van der Waals surface area contributed by atoms with Gasteiger partial charge in [-0.15, -0.1) is 0 Å². The fraction of sp³-hybridized carbons (Fsp3) is 0. The van der Waals surface area contributed by atoms with Gasteiger partial charge in [-0.3, -0.25) is 0 Å². The zero-order chi connectivity index (χ0) is 3.41. The highest BCUT2D eigenvalue weighted by atomic mass is 32.2. The van der Waals surface area contributed by atoms with Crippen LogP contribution in [0.25, 0.3) is 0 Å². The molecule has 0 nitrogen and oxygen atoms in total. The van der Waals surface area contributed by atoms with E-state index in [1.807, 2.05) is 0 Å². The van der Waals surface area contributed by atoms with E-state index in [0.29, 0.717) is 0 Å². The lowest BCUT2D eigenvalue weighted by Gasteiger charge is -1.59. The number of rotatable bonds is 1. The Bertz CT molecular complexity index is 20.0. The molecule has 0 saturated heterocycles. The fourth-order valence-electron chi connectivity index (χ4n) is 0. The van der Waals surface area contributed by atoms with E-state index in [-0.39, 0.29) is 0 Å². The zero-order valence-corrected chi connectivity index (χ0v) is 3.09. The van der Waals surface area contributed by atoms with E-state index in [1.165, 1.54) is 0 Å². The minimum absolute atomic E-state index is 1.12. The third-order valence-corrected chi connectivity index (χ3v) is 0.289. The SMILES string of the molecule is [B]SC=C. The molecule has 0 aromatic carbocycles. The maximum absolute atomic E-state index is 4.83. The first-order chi connectivity index (χ1) is 1.91. The van der Waals surface area contributed by atoms with E-state index in [1.54, 1.807) is 5.41 Å². The summed E-state index contributed by atoms with van der Waals surface area (Å²) >= 11 is 1.12. The second-order valence-electron chi connectivity index (χ2n) is 0.303. The molecule has 2 radical (unpaired) electrons. The van der Waals surface area contributed by atoms with Crippen molar-refractivity contribution in [3.8, 4) is 0 Å². The Kier molecular flexibility index (Phi) is 3.28. The summed E-state index contributed by atoms with van der Waals surface area (Å²) in [4.78, 5) is 0. The highest BCUT2D eigenvalue weighted by Gasteiger charge is 1.44.